The van der Waals surface area contributed by atoms with Gasteiger partial charge in [0.25, 0.3) is 0 Å². The minimum absolute atomic E-state index is 0.155. The highest BCUT2D eigenvalue weighted by atomic mass is 32.1. The summed E-state index contributed by atoms with van der Waals surface area (Å²) in [6, 6.07) is 8.18. The maximum absolute atomic E-state index is 12.2. The standard InChI is InChI=1S/C16H19NO2S/c1-4-11-5-7-12(8-6-11)13-9-20-15(17)14(13)16(18)19-10(2)3/h5-10H,4,17H2,1-3H3. The molecule has 1 aromatic carbocycles. The van der Waals surface area contributed by atoms with Crippen LogP contribution in [0.1, 0.15) is 36.7 Å². The molecular formula is C16H19NO2S. The molecule has 1 aromatic heterocycles. The fourth-order valence-electron chi connectivity index (χ4n) is 1.99. The Labute approximate surface area is 123 Å². The molecule has 0 atom stereocenters. The Hall–Kier alpha value is -1.81. The van der Waals surface area contributed by atoms with E-state index in [4.69, 9.17) is 10.5 Å². The van der Waals surface area contributed by atoms with Gasteiger partial charge in [-0.15, -0.1) is 11.3 Å². The molecular weight excluding hydrogens is 270 g/mol. The normalized spacial score (nSPS) is 10.8. The van der Waals surface area contributed by atoms with Gasteiger partial charge in [0, 0.05) is 10.9 Å². The van der Waals surface area contributed by atoms with Gasteiger partial charge >= 0.3 is 5.97 Å². The first-order chi connectivity index (χ1) is 9.52. The number of aryl methyl sites for hydroxylation is 1. The van der Waals surface area contributed by atoms with Crippen molar-refractivity contribution in [3.63, 3.8) is 0 Å². The molecule has 0 saturated heterocycles. The summed E-state index contributed by atoms with van der Waals surface area (Å²) in [6.45, 7) is 5.77. The maximum atomic E-state index is 12.2. The highest BCUT2D eigenvalue weighted by Gasteiger charge is 2.20. The van der Waals surface area contributed by atoms with E-state index in [-0.39, 0.29) is 12.1 Å². The molecule has 3 nitrogen and oxygen atoms in total. The summed E-state index contributed by atoms with van der Waals surface area (Å²) in [5.74, 6) is -0.353. The first kappa shape index (κ1) is 14.6. The van der Waals surface area contributed by atoms with E-state index in [9.17, 15) is 4.79 Å². The lowest BCUT2D eigenvalue weighted by Gasteiger charge is -2.10. The Balaban J connectivity index is 2.39. The van der Waals surface area contributed by atoms with Crippen LogP contribution in [0.3, 0.4) is 0 Å². The van der Waals surface area contributed by atoms with Crippen LogP contribution in [0.2, 0.25) is 0 Å². The lowest BCUT2D eigenvalue weighted by molar-refractivity contribution is 0.0380. The number of anilines is 1. The monoisotopic (exact) mass is 289 g/mol. The van der Waals surface area contributed by atoms with E-state index < -0.39 is 0 Å². The molecule has 0 unspecified atom stereocenters. The fraction of sp³-hybridized carbons (Fsp3) is 0.312. The number of carbonyl (C=O) groups is 1. The van der Waals surface area contributed by atoms with Gasteiger partial charge in [0.05, 0.1) is 6.10 Å². The molecule has 0 fully saturated rings. The van der Waals surface area contributed by atoms with Gasteiger partial charge in [-0.05, 0) is 31.4 Å². The minimum Gasteiger partial charge on any atom is -0.459 e. The summed E-state index contributed by atoms with van der Waals surface area (Å²) in [4.78, 5) is 12.2. The summed E-state index contributed by atoms with van der Waals surface area (Å²) in [5, 5.41) is 2.41. The molecule has 0 bridgehead atoms. The predicted octanol–water partition coefficient (Wildman–Crippen LogP) is 4.12. The van der Waals surface area contributed by atoms with E-state index in [1.807, 2.05) is 31.4 Å². The number of hydrogen-bond acceptors (Lipinski definition) is 4. The second-order valence-corrected chi connectivity index (χ2v) is 5.80. The second kappa shape index (κ2) is 6.09. The van der Waals surface area contributed by atoms with Crippen LogP contribution in [-0.2, 0) is 11.2 Å². The summed E-state index contributed by atoms with van der Waals surface area (Å²) in [7, 11) is 0. The number of hydrogen-bond donors (Lipinski definition) is 1. The van der Waals surface area contributed by atoms with Crippen LogP contribution >= 0.6 is 11.3 Å². The van der Waals surface area contributed by atoms with Crippen molar-refractivity contribution in [1.82, 2.24) is 0 Å². The largest absolute Gasteiger partial charge is 0.459 e. The third-order valence-corrected chi connectivity index (χ3v) is 3.85. The molecule has 0 aliphatic heterocycles. The first-order valence-corrected chi connectivity index (χ1v) is 7.58. The molecule has 0 radical (unpaired) electrons. The Kier molecular flexibility index (Phi) is 4.45. The highest BCUT2D eigenvalue weighted by Crippen LogP contribution is 2.34. The molecule has 4 heteroatoms. The zero-order valence-corrected chi connectivity index (χ0v) is 12.8. The average molecular weight is 289 g/mol. The van der Waals surface area contributed by atoms with Gasteiger partial charge in [0.1, 0.15) is 10.6 Å². The van der Waals surface area contributed by atoms with E-state index in [0.717, 1.165) is 17.5 Å². The molecule has 2 aromatic rings. The van der Waals surface area contributed by atoms with Crippen molar-refractivity contribution in [2.75, 3.05) is 5.73 Å². The third-order valence-electron chi connectivity index (χ3n) is 3.04. The van der Waals surface area contributed by atoms with E-state index in [2.05, 4.69) is 19.1 Å². The van der Waals surface area contributed by atoms with Gasteiger partial charge in [-0.1, -0.05) is 31.2 Å². The third kappa shape index (κ3) is 3.02. The average Bonchev–Trinajstić information content (AvgIpc) is 2.80. The van der Waals surface area contributed by atoms with Gasteiger partial charge in [-0.2, -0.15) is 0 Å². The van der Waals surface area contributed by atoms with Crippen molar-refractivity contribution in [2.45, 2.75) is 33.3 Å². The zero-order valence-electron chi connectivity index (χ0n) is 12.0. The molecule has 106 valence electrons. The van der Waals surface area contributed by atoms with Gasteiger partial charge in [-0.3, -0.25) is 0 Å². The summed E-state index contributed by atoms with van der Waals surface area (Å²) < 4.78 is 5.27. The van der Waals surface area contributed by atoms with Crippen molar-refractivity contribution in [2.24, 2.45) is 0 Å². The van der Waals surface area contributed by atoms with Crippen molar-refractivity contribution in [3.8, 4) is 11.1 Å². The molecule has 0 aliphatic carbocycles. The molecule has 0 saturated carbocycles. The number of thiophene rings is 1. The lowest BCUT2D eigenvalue weighted by Crippen LogP contribution is -2.13. The van der Waals surface area contributed by atoms with Gasteiger partial charge in [0.15, 0.2) is 0 Å². The van der Waals surface area contributed by atoms with Crippen LogP contribution in [0.4, 0.5) is 5.00 Å². The number of ether oxygens (including phenoxy) is 1. The topological polar surface area (TPSA) is 52.3 Å². The number of nitrogens with two attached hydrogens (primary N) is 1. The van der Waals surface area contributed by atoms with Crippen LogP contribution in [0, 0.1) is 0 Å². The quantitative estimate of drug-likeness (QED) is 0.861. The summed E-state index contributed by atoms with van der Waals surface area (Å²) in [6.07, 6.45) is 0.839. The second-order valence-electron chi connectivity index (χ2n) is 4.89. The Bertz CT molecular complexity index is 599. The SMILES string of the molecule is CCc1ccc(-c2csc(N)c2C(=O)OC(C)C)cc1. The Morgan fingerprint density at radius 3 is 2.50 bits per heavy atom. The predicted molar refractivity (Wildman–Crippen MR) is 84.1 cm³/mol. The van der Waals surface area contributed by atoms with Crippen LogP contribution in [-0.4, -0.2) is 12.1 Å². The molecule has 2 rings (SSSR count). The van der Waals surface area contributed by atoms with Crippen molar-refractivity contribution in [3.05, 3.63) is 40.8 Å². The number of rotatable bonds is 4. The molecule has 0 amide bonds. The number of benzene rings is 1. The van der Waals surface area contributed by atoms with Crippen LogP contribution in [0.25, 0.3) is 11.1 Å². The van der Waals surface area contributed by atoms with Crippen LogP contribution < -0.4 is 5.73 Å². The van der Waals surface area contributed by atoms with Crippen molar-refractivity contribution >= 4 is 22.3 Å². The summed E-state index contributed by atoms with van der Waals surface area (Å²) in [5.41, 5.74) is 9.52. The van der Waals surface area contributed by atoms with E-state index in [0.29, 0.717) is 10.6 Å². The van der Waals surface area contributed by atoms with Crippen LogP contribution in [0.15, 0.2) is 29.6 Å². The van der Waals surface area contributed by atoms with E-state index >= 15 is 0 Å². The molecule has 20 heavy (non-hydrogen) atoms. The maximum Gasteiger partial charge on any atom is 0.342 e. The van der Waals surface area contributed by atoms with Crippen molar-refractivity contribution < 1.29 is 9.53 Å². The molecule has 0 spiro atoms. The van der Waals surface area contributed by atoms with Gasteiger partial charge in [-0.25, -0.2) is 4.79 Å². The van der Waals surface area contributed by atoms with Gasteiger partial charge in [0.2, 0.25) is 0 Å². The lowest BCUT2D eigenvalue weighted by atomic mass is 10.0. The minimum atomic E-state index is -0.353. The first-order valence-electron chi connectivity index (χ1n) is 6.70. The Morgan fingerprint density at radius 2 is 1.95 bits per heavy atom. The number of nitrogen functional groups attached to an aromatic ring is 1. The summed E-state index contributed by atoms with van der Waals surface area (Å²) >= 11 is 1.37. The number of carbonyl (C=O) groups excluding carboxylic acids is 1. The van der Waals surface area contributed by atoms with Crippen LogP contribution in [0.5, 0.6) is 0 Å². The zero-order chi connectivity index (χ0) is 14.7. The number of esters is 1. The molecule has 1 heterocycles. The molecule has 0 aliphatic rings. The smallest absolute Gasteiger partial charge is 0.342 e. The molecule has 2 N–H and O–H groups in total. The highest BCUT2D eigenvalue weighted by molar-refractivity contribution is 7.14. The van der Waals surface area contributed by atoms with Gasteiger partial charge < -0.3 is 10.5 Å². The Morgan fingerprint density at radius 1 is 1.30 bits per heavy atom. The van der Waals surface area contributed by atoms with E-state index in [1.54, 1.807) is 0 Å². The van der Waals surface area contributed by atoms with Crippen molar-refractivity contribution in [1.29, 1.82) is 0 Å². The fourth-order valence-corrected chi connectivity index (χ4v) is 2.80. The van der Waals surface area contributed by atoms with E-state index in [1.165, 1.54) is 16.9 Å².